The highest BCUT2D eigenvalue weighted by Gasteiger charge is 2.21. The van der Waals surface area contributed by atoms with Crippen molar-refractivity contribution in [1.29, 1.82) is 0 Å². The van der Waals surface area contributed by atoms with Crippen molar-refractivity contribution in [3.63, 3.8) is 0 Å². The van der Waals surface area contributed by atoms with Crippen molar-refractivity contribution in [3.8, 4) is 17.1 Å². The molecule has 5 rings (SSSR count). The minimum Gasteiger partial charge on any atom is -0.504 e. The molecule has 2 aromatic carbocycles. The third-order valence-corrected chi connectivity index (χ3v) is 5.56. The first-order chi connectivity index (χ1) is 14.9. The fourth-order valence-electron chi connectivity index (χ4n) is 4.03. The summed E-state index contributed by atoms with van der Waals surface area (Å²) in [6, 6.07) is 7.30. The molecule has 1 aliphatic rings. The summed E-state index contributed by atoms with van der Waals surface area (Å²) in [5, 5.41) is 19.0. The van der Waals surface area contributed by atoms with Gasteiger partial charge in [-0.25, -0.2) is 14.4 Å². The lowest BCUT2D eigenvalue weighted by atomic mass is 10.1. The van der Waals surface area contributed by atoms with Crippen LogP contribution in [0.3, 0.4) is 0 Å². The minimum atomic E-state index is -0.838. The molecule has 3 heterocycles. The maximum Gasteiger partial charge on any atom is 0.193 e. The van der Waals surface area contributed by atoms with Gasteiger partial charge in [-0.3, -0.25) is 9.48 Å². The molecule has 0 saturated carbocycles. The first kappa shape index (κ1) is 19.4. The van der Waals surface area contributed by atoms with Crippen LogP contribution >= 0.6 is 0 Å². The predicted octanol–water partition coefficient (Wildman–Crippen LogP) is 2.64. The topological polar surface area (TPSA) is 96.2 Å². The maximum absolute atomic E-state index is 14.7. The summed E-state index contributed by atoms with van der Waals surface area (Å²) in [5.41, 5.74) is 1.98. The third kappa shape index (κ3) is 3.27. The Morgan fingerprint density at radius 1 is 1.19 bits per heavy atom. The van der Waals surface area contributed by atoms with Gasteiger partial charge >= 0.3 is 0 Å². The summed E-state index contributed by atoms with van der Waals surface area (Å²) in [4.78, 5) is 23.6. The number of anilines is 1. The van der Waals surface area contributed by atoms with Gasteiger partial charge < -0.3 is 15.3 Å². The van der Waals surface area contributed by atoms with Crippen LogP contribution in [-0.4, -0.2) is 56.8 Å². The number of phenolic OH excluding ortho intramolecular Hbond substituents is 1. The third-order valence-electron chi connectivity index (χ3n) is 5.56. The number of halogens is 1. The first-order valence-corrected chi connectivity index (χ1v) is 10.1. The summed E-state index contributed by atoms with van der Waals surface area (Å²) in [6.45, 7) is 4.98. The van der Waals surface area contributed by atoms with Crippen molar-refractivity contribution >= 4 is 33.3 Å². The van der Waals surface area contributed by atoms with Gasteiger partial charge in [-0.2, -0.15) is 5.10 Å². The number of Topliss-reactive ketones (excluding diaryl/α,β-unsaturated/α-hetero) is 1. The Hall–Kier alpha value is -3.59. The summed E-state index contributed by atoms with van der Waals surface area (Å²) in [6.07, 6.45) is 1.65. The highest BCUT2D eigenvalue weighted by atomic mass is 19.1. The van der Waals surface area contributed by atoms with Crippen LogP contribution in [0.25, 0.3) is 33.2 Å². The van der Waals surface area contributed by atoms with E-state index in [2.05, 4.69) is 25.3 Å². The van der Waals surface area contributed by atoms with Crippen LogP contribution in [-0.2, 0) is 7.05 Å². The Kier molecular flexibility index (Phi) is 4.55. The van der Waals surface area contributed by atoms with E-state index in [1.807, 2.05) is 18.2 Å². The smallest absolute Gasteiger partial charge is 0.193 e. The average molecular weight is 420 g/mol. The van der Waals surface area contributed by atoms with Gasteiger partial charge in [0.25, 0.3) is 0 Å². The molecule has 0 spiro atoms. The number of carbonyl (C=O) groups excluding carboxylic acids is 1. The molecule has 0 amide bonds. The molecule has 8 nitrogen and oxygen atoms in total. The Bertz CT molecular complexity index is 1340. The van der Waals surface area contributed by atoms with E-state index >= 15 is 0 Å². The lowest BCUT2D eigenvalue weighted by molar-refractivity contribution is 0.101. The van der Waals surface area contributed by atoms with Gasteiger partial charge in [-0.1, -0.05) is 0 Å². The molecule has 1 aliphatic heterocycles. The van der Waals surface area contributed by atoms with Crippen molar-refractivity contribution in [2.75, 3.05) is 31.1 Å². The molecule has 0 radical (unpaired) electrons. The lowest BCUT2D eigenvalue weighted by Crippen LogP contribution is -2.43. The molecule has 0 aliphatic carbocycles. The fourth-order valence-corrected chi connectivity index (χ4v) is 4.03. The van der Waals surface area contributed by atoms with Gasteiger partial charge in [0.15, 0.2) is 23.2 Å². The second-order valence-corrected chi connectivity index (χ2v) is 7.72. The van der Waals surface area contributed by atoms with Gasteiger partial charge in [0.05, 0.1) is 11.1 Å². The van der Waals surface area contributed by atoms with E-state index in [0.717, 1.165) is 31.9 Å². The fraction of sp³-hybridized carbons (Fsp3) is 0.273. The molecule has 31 heavy (non-hydrogen) atoms. The van der Waals surface area contributed by atoms with E-state index in [0.29, 0.717) is 16.3 Å². The number of benzene rings is 2. The number of hydrogen-bond acceptors (Lipinski definition) is 7. The normalized spacial score (nSPS) is 14.5. The number of hydrogen-bond donors (Lipinski definition) is 2. The number of aromatic nitrogens is 4. The number of carbonyl (C=O) groups is 1. The van der Waals surface area contributed by atoms with E-state index in [1.54, 1.807) is 19.3 Å². The molecule has 0 atom stereocenters. The van der Waals surface area contributed by atoms with Crippen LogP contribution in [0.4, 0.5) is 10.1 Å². The zero-order chi connectivity index (χ0) is 21.7. The highest BCUT2D eigenvalue weighted by Crippen LogP contribution is 2.36. The second kappa shape index (κ2) is 7.28. The molecule has 0 unspecified atom stereocenters. The lowest BCUT2D eigenvalue weighted by Gasteiger charge is -2.29. The summed E-state index contributed by atoms with van der Waals surface area (Å²) < 4.78 is 16.2. The number of nitrogens with zero attached hydrogens (tertiary/aromatic N) is 5. The van der Waals surface area contributed by atoms with Gasteiger partial charge in [-0.05, 0) is 24.3 Å². The SMILES string of the molecule is CC(=O)c1nc(-c2cc3cn(C)nc3c(F)c2O)nc2ccc(N3CCNCC3)cc12. The standard InChI is InChI=1S/C22H21FN6O2/c1-12(30)19-15-10-14(29-7-5-24-6-8-29)3-4-17(15)25-22(26-19)16-9-13-11-28(2)27-20(13)18(23)21(16)31/h3-4,9-11,24,31H,5-8H2,1-2H3. The first-order valence-electron chi connectivity index (χ1n) is 10.1. The van der Waals surface area contributed by atoms with Crippen molar-refractivity contribution in [2.24, 2.45) is 7.05 Å². The molecular formula is C22H21FN6O2. The molecule has 2 N–H and O–H groups in total. The largest absolute Gasteiger partial charge is 0.504 e. The molecule has 4 aromatic rings. The van der Waals surface area contributed by atoms with Crippen molar-refractivity contribution in [3.05, 3.63) is 42.0 Å². The van der Waals surface area contributed by atoms with E-state index in [4.69, 9.17) is 0 Å². The van der Waals surface area contributed by atoms with Crippen LogP contribution < -0.4 is 10.2 Å². The number of phenols is 1. The Morgan fingerprint density at radius 2 is 1.97 bits per heavy atom. The summed E-state index contributed by atoms with van der Waals surface area (Å²) in [5.74, 6) is -1.56. The minimum absolute atomic E-state index is 0.0667. The number of aromatic hydroxyl groups is 1. The molecule has 1 saturated heterocycles. The highest BCUT2D eigenvalue weighted by molar-refractivity contribution is 6.06. The molecule has 0 bridgehead atoms. The number of aryl methyl sites for hydroxylation is 1. The van der Waals surface area contributed by atoms with Gasteiger partial charge in [0.1, 0.15) is 11.2 Å². The van der Waals surface area contributed by atoms with Crippen LogP contribution in [0.15, 0.2) is 30.5 Å². The van der Waals surface area contributed by atoms with E-state index < -0.39 is 11.6 Å². The Balaban J connectivity index is 1.69. The number of rotatable bonds is 3. The number of fused-ring (bicyclic) bond motifs is 2. The van der Waals surface area contributed by atoms with Gasteiger partial charge in [0, 0.05) is 62.8 Å². The Morgan fingerprint density at radius 3 is 2.71 bits per heavy atom. The zero-order valence-electron chi connectivity index (χ0n) is 17.2. The molecule has 2 aromatic heterocycles. The van der Waals surface area contributed by atoms with E-state index in [1.165, 1.54) is 11.6 Å². The number of nitrogens with one attached hydrogen (secondary N) is 1. The monoisotopic (exact) mass is 420 g/mol. The predicted molar refractivity (Wildman–Crippen MR) is 116 cm³/mol. The number of ketones is 1. The summed E-state index contributed by atoms with van der Waals surface area (Å²) in [7, 11) is 1.67. The number of piperazine rings is 1. The molecule has 9 heteroatoms. The average Bonchev–Trinajstić information content (AvgIpc) is 3.16. The van der Waals surface area contributed by atoms with E-state index in [9.17, 15) is 14.3 Å². The molecular weight excluding hydrogens is 399 g/mol. The van der Waals surface area contributed by atoms with Crippen LogP contribution in [0, 0.1) is 5.82 Å². The Labute approximate surface area is 177 Å². The van der Waals surface area contributed by atoms with Crippen molar-refractivity contribution in [1.82, 2.24) is 25.1 Å². The molecule has 158 valence electrons. The van der Waals surface area contributed by atoms with Gasteiger partial charge in [0.2, 0.25) is 0 Å². The van der Waals surface area contributed by atoms with Crippen LogP contribution in [0.2, 0.25) is 0 Å². The van der Waals surface area contributed by atoms with Crippen LogP contribution in [0.1, 0.15) is 17.4 Å². The maximum atomic E-state index is 14.7. The van der Waals surface area contributed by atoms with Gasteiger partial charge in [-0.15, -0.1) is 0 Å². The zero-order valence-corrected chi connectivity index (χ0v) is 17.2. The second-order valence-electron chi connectivity index (χ2n) is 7.72. The quantitative estimate of drug-likeness (QED) is 0.492. The van der Waals surface area contributed by atoms with Crippen molar-refractivity contribution in [2.45, 2.75) is 6.92 Å². The summed E-state index contributed by atoms with van der Waals surface area (Å²) >= 11 is 0. The van der Waals surface area contributed by atoms with Crippen LogP contribution in [0.5, 0.6) is 5.75 Å². The van der Waals surface area contributed by atoms with Crippen molar-refractivity contribution < 1.29 is 14.3 Å². The molecule has 1 fully saturated rings. The van der Waals surface area contributed by atoms with E-state index in [-0.39, 0.29) is 28.4 Å².